The summed E-state index contributed by atoms with van der Waals surface area (Å²) in [4.78, 5) is 4.23. The predicted octanol–water partition coefficient (Wildman–Crippen LogP) is 1.70. The first kappa shape index (κ1) is 16.6. The Morgan fingerprint density at radius 1 is 1.10 bits per heavy atom. The highest BCUT2D eigenvalue weighted by molar-refractivity contribution is 7.91. The first-order valence-electron chi connectivity index (χ1n) is 8.26. The summed E-state index contributed by atoms with van der Waals surface area (Å²) in [6.07, 6.45) is 10.1. The minimum absolute atomic E-state index is 0.0125. The Kier molecular flexibility index (Phi) is 6.33. The van der Waals surface area contributed by atoms with Gasteiger partial charge in [0, 0.05) is 19.6 Å². The number of sulfone groups is 1. The maximum atomic E-state index is 11.5. The lowest BCUT2D eigenvalue weighted by Crippen LogP contribution is -2.45. The molecule has 2 N–H and O–H groups in total. The largest absolute Gasteiger partial charge is 0.356 e. The molecule has 5 nitrogen and oxygen atoms in total. The van der Waals surface area contributed by atoms with Gasteiger partial charge in [-0.1, -0.05) is 32.1 Å². The summed E-state index contributed by atoms with van der Waals surface area (Å²) in [5, 5.41) is 6.63. The molecule has 1 aliphatic heterocycles. The standard InChI is InChI=1S/C15H29N3O2S/c1-16-15(18-14-9-10-21(19,20)12-14)17-11-13-7-5-3-2-4-6-8-13/h13-14H,2-12H2,1H3,(H2,16,17,18). The van der Waals surface area contributed by atoms with Gasteiger partial charge in [-0.15, -0.1) is 0 Å². The summed E-state index contributed by atoms with van der Waals surface area (Å²) in [6.45, 7) is 0.944. The number of hydrogen-bond donors (Lipinski definition) is 2. The van der Waals surface area contributed by atoms with E-state index in [1.54, 1.807) is 7.05 Å². The van der Waals surface area contributed by atoms with Gasteiger partial charge in [0.05, 0.1) is 11.5 Å². The van der Waals surface area contributed by atoms with E-state index in [1.807, 2.05) is 0 Å². The number of guanidine groups is 1. The Labute approximate surface area is 128 Å². The van der Waals surface area contributed by atoms with Gasteiger partial charge in [-0.2, -0.15) is 0 Å². The van der Waals surface area contributed by atoms with Crippen molar-refractivity contribution in [3.05, 3.63) is 0 Å². The summed E-state index contributed by atoms with van der Waals surface area (Å²) in [7, 11) is -1.09. The minimum Gasteiger partial charge on any atom is -0.356 e. The van der Waals surface area contributed by atoms with Gasteiger partial charge >= 0.3 is 0 Å². The maximum Gasteiger partial charge on any atom is 0.191 e. The quantitative estimate of drug-likeness (QED) is 0.614. The third kappa shape index (κ3) is 5.85. The van der Waals surface area contributed by atoms with Gasteiger partial charge < -0.3 is 10.6 Å². The van der Waals surface area contributed by atoms with Crippen LogP contribution in [0.25, 0.3) is 0 Å². The Morgan fingerprint density at radius 2 is 1.76 bits per heavy atom. The molecule has 0 radical (unpaired) electrons. The van der Waals surface area contributed by atoms with Crippen LogP contribution in [0, 0.1) is 5.92 Å². The van der Waals surface area contributed by atoms with Crippen molar-refractivity contribution < 1.29 is 8.42 Å². The average Bonchev–Trinajstić information content (AvgIpc) is 2.75. The third-order valence-electron chi connectivity index (χ3n) is 4.58. The van der Waals surface area contributed by atoms with Crippen molar-refractivity contribution in [3.8, 4) is 0 Å². The van der Waals surface area contributed by atoms with Crippen LogP contribution in [0.4, 0.5) is 0 Å². The fourth-order valence-electron chi connectivity index (χ4n) is 3.28. The molecule has 1 aliphatic carbocycles. The minimum atomic E-state index is -2.84. The second kappa shape index (κ2) is 8.01. The van der Waals surface area contributed by atoms with Crippen molar-refractivity contribution in [3.63, 3.8) is 0 Å². The first-order valence-corrected chi connectivity index (χ1v) is 10.1. The molecule has 0 aromatic carbocycles. The molecule has 122 valence electrons. The van der Waals surface area contributed by atoms with E-state index >= 15 is 0 Å². The molecule has 1 atom stereocenters. The van der Waals surface area contributed by atoms with Crippen LogP contribution in [0.3, 0.4) is 0 Å². The Bertz CT molecular complexity index is 440. The number of nitrogens with one attached hydrogen (secondary N) is 2. The number of hydrogen-bond acceptors (Lipinski definition) is 3. The highest BCUT2D eigenvalue weighted by atomic mass is 32.2. The smallest absolute Gasteiger partial charge is 0.191 e. The Hall–Kier alpha value is -0.780. The van der Waals surface area contributed by atoms with E-state index in [1.165, 1.54) is 44.9 Å². The third-order valence-corrected chi connectivity index (χ3v) is 6.35. The lowest BCUT2D eigenvalue weighted by atomic mass is 9.91. The van der Waals surface area contributed by atoms with Crippen molar-refractivity contribution in [2.24, 2.45) is 10.9 Å². The molecule has 2 aliphatic rings. The molecule has 1 unspecified atom stereocenters. The Balaban J connectivity index is 1.74. The fraction of sp³-hybridized carbons (Fsp3) is 0.933. The molecule has 1 saturated heterocycles. The van der Waals surface area contributed by atoms with Crippen molar-refractivity contribution in [1.29, 1.82) is 0 Å². The normalized spacial score (nSPS) is 27.9. The molecule has 0 amide bonds. The zero-order valence-electron chi connectivity index (χ0n) is 13.1. The van der Waals surface area contributed by atoms with Crippen molar-refractivity contribution in [1.82, 2.24) is 10.6 Å². The van der Waals surface area contributed by atoms with E-state index < -0.39 is 9.84 Å². The van der Waals surface area contributed by atoms with E-state index in [0.29, 0.717) is 12.2 Å². The average molecular weight is 315 g/mol. The van der Waals surface area contributed by atoms with Gasteiger partial charge in [0.15, 0.2) is 15.8 Å². The summed E-state index contributed by atoms with van der Waals surface area (Å²) in [6, 6.07) is 0.0125. The fourth-order valence-corrected chi connectivity index (χ4v) is 4.96. The van der Waals surface area contributed by atoms with E-state index in [0.717, 1.165) is 18.4 Å². The van der Waals surface area contributed by atoms with Crippen LogP contribution in [-0.2, 0) is 9.84 Å². The number of aliphatic imine (C=N–C) groups is 1. The van der Waals surface area contributed by atoms with Gasteiger partial charge in [0.2, 0.25) is 0 Å². The number of rotatable bonds is 3. The second-order valence-electron chi connectivity index (χ2n) is 6.41. The number of nitrogens with zero attached hydrogens (tertiary/aromatic N) is 1. The predicted molar refractivity (Wildman–Crippen MR) is 87.4 cm³/mol. The monoisotopic (exact) mass is 315 g/mol. The molecule has 0 bridgehead atoms. The van der Waals surface area contributed by atoms with Gasteiger partial charge in [0.1, 0.15) is 0 Å². The van der Waals surface area contributed by atoms with Crippen molar-refractivity contribution in [2.45, 2.75) is 57.4 Å². The van der Waals surface area contributed by atoms with Crippen LogP contribution in [0.15, 0.2) is 4.99 Å². The molecular formula is C15H29N3O2S. The van der Waals surface area contributed by atoms with Gasteiger partial charge in [-0.25, -0.2) is 8.42 Å². The topological polar surface area (TPSA) is 70.6 Å². The van der Waals surface area contributed by atoms with E-state index in [-0.39, 0.29) is 11.8 Å². The molecule has 1 saturated carbocycles. The molecule has 0 aromatic heterocycles. The summed E-state index contributed by atoms with van der Waals surface area (Å²) < 4.78 is 23.0. The van der Waals surface area contributed by atoms with Crippen LogP contribution < -0.4 is 10.6 Å². The zero-order chi connectivity index (χ0) is 15.1. The van der Waals surface area contributed by atoms with E-state index in [4.69, 9.17) is 0 Å². The molecule has 0 spiro atoms. The van der Waals surface area contributed by atoms with Crippen LogP contribution in [-0.4, -0.2) is 45.5 Å². The maximum absolute atomic E-state index is 11.5. The van der Waals surface area contributed by atoms with Crippen molar-refractivity contribution in [2.75, 3.05) is 25.1 Å². The summed E-state index contributed by atoms with van der Waals surface area (Å²) >= 11 is 0. The van der Waals surface area contributed by atoms with Gasteiger partial charge in [-0.05, 0) is 25.2 Å². The molecule has 21 heavy (non-hydrogen) atoms. The van der Waals surface area contributed by atoms with Crippen LogP contribution in [0.1, 0.15) is 51.4 Å². The summed E-state index contributed by atoms with van der Waals surface area (Å²) in [5.41, 5.74) is 0. The van der Waals surface area contributed by atoms with Crippen molar-refractivity contribution >= 4 is 15.8 Å². The van der Waals surface area contributed by atoms with Gasteiger partial charge in [0.25, 0.3) is 0 Å². The van der Waals surface area contributed by atoms with E-state index in [9.17, 15) is 8.42 Å². The lowest BCUT2D eigenvalue weighted by Gasteiger charge is -2.22. The van der Waals surface area contributed by atoms with Gasteiger partial charge in [-0.3, -0.25) is 4.99 Å². The zero-order valence-corrected chi connectivity index (χ0v) is 13.9. The lowest BCUT2D eigenvalue weighted by molar-refractivity contribution is 0.374. The summed E-state index contributed by atoms with van der Waals surface area (Å²) in [5.74, 6) is 2.00. The van der Waals surface area contributed by atoms with Crippen LogP contribution >= 0.6 is 0 Å². The molecule has 1 heterocycles. The SMILES string of the molecule is CN=C(NCC1CCCCCCC1)NC1CCS(=O)(=O)C1. The first-order chi connectivity index (χ1) is 10.1. The highest BCUT2D eigenvalue weighted by Crippen LogP contribution is 2.21. The van der Waals surface area contributed by atoms with E-state index in [2.05, 4.69) is 15.6 Å². The second-order valence-corrected chi connectivity index (χ2v) is 8.64. The molecule has 0 aromatic rings. The molecule has 2 rings (SSSR count). The molecular weight excluding hydrogens is 286 g/mol. The Morgan fingerprint density at radius 3 is 2.33 bits per heavy atom. The van der Waals surface area contributed by atoms with Crippen LogP contribution in [0.2, 0.25) is 0 Å². The molecule has 6 heteroatoms. The van der Waals surface area contributed by atoms with Crippen LogP contribution in [0.5, 0.6) is 0 Å². The highest BCUT2D eigenvalue weighted by Gasteiger charge is 2.28. The molecule has 2 fully saturated rings.